The first-order valence-corrected chi connectivity index (χ1v) is 29.7. The number of aliphatic hydroxyl groups excluding tert-OH is 11. The standard InChI is InChI=1S/C58H105NO18/c1-3-5-7-9-11-13-15-16-17-18-19-20-21-22-23-24-25-26-27-29-31-33-35-42(63)41(59-46(64)36-34-32-30-28-14-12-10-8-6-4-2)40-72-56-52(70)49(67)54(44(38-61)74-56)77-58-53(71)50(68)55(45(39-62)75-58)76-57-51(69)48(66)47(65)43(37-60)73-57/h8,10,26-27,33,35,41-45,47-58,60-63,65-71H,3-7,9,11-25,28-32,34,36-40H2,1-2H3,(H,59,64)/b10-8-,27-26+,35-33+. The van der Waals surface area contributed by atoms with Crippen molar-refractivity contribution < 1.29 is 89.4 Å². The van der Waals surface area contributed by atoms with E-state index in [1.807, 2.05) is 6.08 Å². The molecule has 0 aliphatic carbocycles. The summed E-state index contributed by atoms with van der Waals surface area (Å²) >= 11 is 0. The van der Waals surface area contributed by atoms with Crippen molar-refractivity contribution in [3.8, 4) is 0 Å². The highest BCUT2D eigenvalue weighted by molar-refractivity contribution is 5.76. The van der Waals surface area contributed by atoms with Crippen molar-refractivity contribution in [1.29, 1.82) is 0 Å². The maximum absolute atomic E-state index is 13.2. The third kappa shape index (κ3) is 26.2. The average Bonchev–Trinajstić information content (AvgIpc) is 3.43. The predicted molar refractivity (Wildman–Crippen MR) is 291 cm³/mol. The number of rotatable bonds is 43. The Hall–Kier alpha value is -1.99. The van der Waals surface area contributed by atoms with Gasteiger partial charge in [0.25, 0.3) is 0 Å². The van der Waals surface area contributed by atoms with Gasteiger partial charge in [-0.05, 0) is 51.4 Å². The Bertz CT molecular complexity index is 1550. The van der Waals surface area contributed by atoms with Crippen LogP contribution in [0.1, 0.15) is 194 Å². The summed E-state index contributed by atoms with van der Waals surface area (Å²) in [4.78, 5) is 13.2. The van der Waals surface area contributed by atoms with Crippen LogP contribution in [0, 0.1) is 0 Å². The zero-order valence-corrected chi connectivity index (χ0v) is 46.7. The third-order valence-electron chi connectivity index (χ3n) is 14.9. The summed E-state index contributed by atoms with van der Waals surface area (Å²) in [6.45, 7) is 1.62. The van der Waals surface area contributed by atoms with E-state index < -0.39 is 124 Å². The van der Waals surface area contributed by atoms with Gasteiger partial charge in [0.2, 0.25) is 5.91 Å². The first kappa shape index (κ1) is 69.3. The number of allylic oxidation sites excluding steroid dienone is 5. The molecule has 3 fully saturated rings. The zero-order chi connectivity index (χ0) is 56.2. The van der Waals surface area contributed by atoms with E-state index in [0.29, 0.717) is 12.8 Å². The second-order valence-corrected chi connectivity index (χ2v) is 21.4. The van der Waals surface area contributed by atoms with Gasteiger partial charge >= 0.3 is 0 Å². The summed E-state index contributed by atoms with van der Waals surface area (Å²) in [7, 11) is 0. The van der Waals surface area contributed by atoms with Gasteiger partial charge in [-0.2, -0.15) is 0 Å². The molecule has 19 nitrogen and oxygen atoms in total. The molecule has 450 valence electrons. The first-order chi connectivity index (χ1) is 37.3. The van der Waals surface area contributed by atoms with Crippen LogP contribution in [0.3, 0.4) is 0 Å². The molecule has 77 heavy (non-hydrogen) atoms. The molecule has 0 aromatic carbocycles. The molecule has 19 heteroatoms. The van der Waals surface area contributed by atoms with Gasteiger partial charge < -0.3 is 89.9 Å². The lowest BCUT2D eigenvalue weighted by molar-refractivity contribution is -0.379. The molecular weight excluding hydrogens is 999 g/mol. The molecular formula is C58H105NO18. The van der Waals surface area contributed by atoms with Gasteiger partial charge in [-0.1, -0.05) is 172 Å². The molecule has 3 heterocycles. The lowest BCUT2D eigenvalue weighted by Crippen LogP contribution is -2.66. The first-order valence-electron chi connectivity index (χ1n) is 29.7. The molecule has 3 aliphatic heterocycles. The Balaban J connectivity index is 1.49. The lowest BCUT2D eigenvalue weighted by atomic mass is 9.96. The number of ether oxygens (including phenoxy) is 6. The van der Waals surface area contributed by atoms with Crippen molar-refractivity contribution >= 4 is 5.91 Å². The summed E-state index contributed by atoms with van der Waals surface area (Å²) in [5.74, 6) is -0.298. The van der Waals surface area contributed by atoms with Gasteiger partial charge in [0.1, 0.15) is 73.2 Å². The summed E-state index contributed by atoms with van der Waals surface area (Å²) in [6, 6.07) is -0.991. The normalized spacial score (nSPS) is 30.9. The smallest absolute Gasteiger partial charge is 0.220 e. The van der Waals surface area contributed by atoms with Crippen LogP contribution in [-0.4, -0.2) is 193 Å². The summed E-state index contributed by atoms with van der Waals surface area (Å²) in [5, 5.41) is 120. The summed E-state index contributed by atoms with van der Waals surface area (Å²) < 4.78 is 34.2. The molecule has 3 aliphatic rings. The molecule has 0 radical (unpaired) electrons. The highest BCUT2D eigenvalue weighted by Gasteiger charge is 2.53. The second kappa shape index (κ2) is 41.9. The molecule has 0 spiro atoms. The fourth-order valence-electron chi connectivity index (χ4n) is 9.97. The van der Waals surface area contributed by atoms with Gasteiger partial charge in [-0.25, -0.2) is 0 Å². The minimum atomic E-state index is -1.98. The van der Waals surface area contributed by atoms with E-state index in [1.54, 1.807) is 6.08 Å². The van der Waals surface area contributed by atoms with Crippen LogP contribution in [0.5, 0.6) is 0 Å². The summed E-state index contributed by atoms with van der Waals surface area (Å²) in [6.07, 6.45) is 17.3. The highest BCUT2D eigenvalue weighted by Crippen LogP contribution is 2.33. The van der Waals surface area contributed by atoms with Crippen molar-refractivity contribution in [1.82, 2.24) is 5.32 Å². The van der Waals surface area contributed by atoms with E-state index in [-0.39, 0.29) is 18.9 Å². The molecule has 0 aromatic heterocycles. The van der Waals surface area contributed by atoms with E-state index in [9.17, 15) is 61.0 Å². The number of aliphatic hydroxyl groups is 11. The number of nitrogens with one attached hydrogen (secondary N) is 1. The third-order valence-corrected chi connectivity index (χ3v) is 14.9. The minimum Gasteiger partial charge on any atom is -0.394 e. The molecule has 0 bridgehead atoms. The van der Waals surface area contributed by atoms with Crippen molar-refractivity contribution in [3.63, 3.8) is 0 Å². The van der Waals surface area contributed by atoms with Crippen molar-refractivity contribution in [2.75, 3.05) is 26.4 Å². The van der Waals surface area contributed by atoms with Crippen LogP contribution >= 0.6 is 0 Å². The topological polar surface area (TPSA) is 307 Å². The Morgan fingerprint density at radius 2 is 0.857 bits per heavy atom. The van der Waals surface area contributed by atoms with Gasteiger partial charge in [0.15, 0.2) is 18.9 Å². The lowest BCUT2D eigenvalue weighted by Gasteiger charge is -2.48. The molecule has 0 aromatic rings. The van der Waals surface area contributed by atoms with E-state index >= 15 is 0 Å². The largest absolute Gasteiger partial charge is 0.394 e. The number of carbonyl (C=O) groups excluding carboxylic acids is 1. The number of hydrogen-bond acceptors (Lipinski definition) is 18. The monoisotopic (exact) mass is 1100 g/mol. The SMILES string of the molecule is CCC/C=C\CCCCCCCC(=O)NC(COC1OC(CO)C(OC2OC(CO)C(OC3OC(CO)C(O)C(O)C3O)C(O)C2O)C(O)C1O)C(O)/C=C/CC/C=C/CCCCCCCCCCCCCCCCCC. The van der Waals surface area contributed by atoms with Gasteiger partial charge in [-0.15, -0.1) is 0 Å². The van der Waals surface area contributed by atoms with Gasteiger partial charge in [-0.3, -0.25) is 4.79 Å². The van der Waals surface area contributed by atoms with Gasteiger partial charge in [0.05, 0.1) is 38.6 Å². The summed E-state index contributed by atoms with van der Waals surface area (Å²) in [5.41, 5.74) is 0. The number of amides is 1. The van der Waals surface area contributed by atoms with Crippen LogP contribution in [0.15, 0.2) is 36.5 Å². The Morgan fingerprint density at radius 1 is 0.455 bits per heavy atom. The second-order valence-electron chi connectivity index (χ2n) is 21.4. The van der Waals surface area contributed by atoms with E-state index in [1.165, 1.54) is 96.3 Å². The van der Waals surface area contributed by atoms with Crippen molar-refractivity contribution in [3.05, 3.63) is 36.5 Å². The van der Waals surface area contributed by atoms with E-state index in [2.05, 4.69) is 43.5 Å². The van der Waals surface area contributed by atoms with Crippen LogP contribution in [0.2, 0.25) is 0 Å². The molecule has 0 saturated carbocycles. The molecule has 12 N–H and O–H groups in total. The Labute approximate surface area is 460 Å². The highest BCUT2D eigenvalue weighted by atomic mass is 16.8. The molecule has 1 amide bonds. The van der Waals surface area contributed by atoms with E-state index in [0.717, 1.165) is 64.2 Å². The Morgan fingerprint density at radius 3 is 1.35 bits per heavy atom. The molecule has 3 saturated heterocycles. The van der Waals surface area contributed by atoms with Crippen LogP contribution in [-0.2, 0) is 33.2 Å². The van der Waals surface area contributed by atoms with Crippen LogP contribution in [0.25, 0.3) is 0 Å². The fraction of sp³-hybridized carbons (Fsp3) is 0.879. The van der Waals surface area contributed by atoms with Gasteiger partial charge in [0, 0.05) is 6.42 Å². The number of hydrogen-bond donors (Lipinski definition) is 12. The zero-order valence-electron chi connectivity index (χ0n) is 46.7. The van der Waals surface area contributed by atoms with Crippen LogP contribution < -0.4 is 5.32 Å². The maximum atomic E-state index is 13.2. The van der Waals surface area contributed by atoms with Crippen molar-refractivity contribution in [2.24, 2.45) is 0 Å². The molecule has 17 unspecified atom stereocenters. The predicted octanol–water partition coefficient (Wildman–Crippen LogP) is 4.93. The Kier molecular flexibility index (Phi) is 37.7. The number of carbonyl (C=O) groups is 1. The maximum Gasteiger partial charge on any atom is 0.220 e. The average molecular weight is 1100 g/mol. The minimum absolute atomic E-state index is 0.224. The van der Waals surface area contributed by atoms with Crippen molar-refractivity contribution in [2.45, 2.75) is 298 Å². The number of unbranched alkanes of at least 4 members (excludes halogenated alkanes) is 23. The quantitative estimate of drug-likeness (QED) is 0.0285. The fourth-order valence-corrected chi connectivity index (χ4v) is 9.97. The van der Waals surface area contributed by atoms with E-state index in [4.69, 9.17) is 28.4 Å². The molecule has 17 atom stereocenters. The van der Waals surface area contributed by atoms with Crippen LogP contribution in [0.4, 0.5) is 0 Å². The molecule has 3 rings (SSSR count).